The first-order chi connectivity index (χ1) is 7.97. The van der Waals surface area contributed by atoms with E-state index in [-0.39, 0.29) is 29.8 Å². The van der Waals surface area contributed by atoms with Gasteiger partial charge >= 0.3 is 0 Å². The fraction of sp³-hybridized carbons (Fsp3) is 0.500. The van der Waals surface area contributed by atoms with Crippen LogP contribution in [0.3, 0.4) is 0 Å². The van der Waals surface area contributed by atoms with Crippen LogP contribution in [0.15, 0.2) is 23.2 Å². The zero-order chi connectivity index (χ0) is 12.9. The molecule has 1 unspecified atom stereocenters. The van der Waals surface area contributed by atoms with Crippen molar-refractivity contribution in [2.75, 3.05) is 18.9 Å². The highest BCUT2D eigenvalue weighted by molar-refractivity contribution is 7.89. The highest BCUT2D eigenvalue weighted by atomic mass is 32.2. The van der Waals surface area contributed by atoms with E-state index < -0.39 is 10.0 Å². The molecule has 0 aliphatic rings. The van der Waals surface area contributed by atoms with Crippen molar-refractivity contribution in [3.8, 4) is 0 Å². The van der Waals surface area contributed by atoms with Gasteiger partial charge in [0.25, 0.3) is 0 Å². The Morgan fingerprint density at radius 2 is 2.29 bits per heavy atom. The number of hydrogen-bond acceptors (Lipinski definition) is 5. The molecule has 1 rings (SSSR count). The van der Waals surface area contributed by atoms with E-state index in [1.54, 1.807) is 0 Å². The van der Waals surface area contributed by atoms with Gasteiger partial charge in [-0.2, -0.15) is 0 Å². The number of aliphatic hydroxyl groups is 1. The summed E-state index contributed by atoms with van der Waals surface area (Å²) in [6, 6.07) is 2.92. The second kappa shape index (κ2) is 5.95. The number of sulfonamides is 1. The molecule has 1 heterocycles. The number of nitrogen functional groups attached to an aromatic ring is 1. The summed E-state index contributed by atoms with van der Waals surface area (Å²) in [4.78, 5) is 3.71. The molecule has 6 nitrogen and oxygen atoms in total. The van der Waals surface area contributed by atoms with E-state index in [9.17, 15) is 8.42 Å². The summed E-state index contributed by atoms with van der Waals surface area (Å²) >= 11 is 0. The van der Waals surface area contributed by atoms with E-state index in [0.29, 0.717) is 6.42 Å². The van der Waals surface area contributed by atoms with Crippen LogP contribution in [0.2, 0.25) is 0 Å². The van der Waals surface area contributed by atoms with E-state index in [1.807, 2.05) is 6.92 Å². The number of anilines is 1. The zero-order valence-electron chi connectivity index (χ0n) is 9.63. The number of pyridine rings is 1. The molecule has 96 valence electrons. The van der Waals surface area contributed by atoms with Crippen molar-refractivity contribution >= 4 is 15.8 Å². The molecule has 1 atom stereocenters. The minimum atomic E-state index is -3.62. The molecule has 17 heavy (non-hydrogen) atoms. The van der Waals surface area contributed by atoms with Crippen molar-refractivity contribution in [1.82, 2.24) is 9.71 Å². The van der Waals surface area contributed by atoms with Crippen LogP contribution in [0.5, 0.6) is 0 Å². The van der Waals surface area contributed by atoms with Crippen LogP contribution in [-0.4, -0.2) is 31.7 Å². The summed E-state index contributed by atoms with van der Waals surface area (Å²) in [5.74, 6) is 0.0440. The minimum absolute atomic E-state index is 0.0174. The molecule has 0 spiro atoms. The molecule has 7 heteroatoms. The van der Waals surface area contributed by atoms with Crippen LogP contribution in [0.25, 0.3) is 0 Å². The van der Waals surface area contributed by atoms with Crippen molar-refractivity contribution in [1.29, 1.82) is 0 Å². The Hall–Kier alpha value is -1.18. The van der Waals surface area contributed by atoms with Gasteiger partial charge in [0.2, 0.25) is 10.0 Å². The average Bonchev–Trinajstić information content (AvgIpc) is 2.27. The molecule has 0 bridgehead atoms. The summed E-state index contributed by atoms with van der Waals surface area (Å²) in [7, 11) is -3.62. The number of nitrogens with two attached hydrogens (primary N) is 1. The smallest absolute Gasteiger partial charge is 0.244 e. The van der Waals surface area contributed by atoms with Crippen LogP contribution in [0, 0.1) is 5.92 Å². The van der Waals surface area contributed by atoms with Crippen LogP contribution in [-0.2, 0) is 10.0 Å². The lowest BCUT2D eigenvalue weighted by Crippen LogP contribution is -2.29. The first kappa shape index (κ1) is 13.9. The van der Waals surface area contributed by atoms with Crippen LogP contribution in [0.4, 0.5) is 5.82 Å². The molecule has 0 aliphatic heterocycles. The van der Waals surface area contributed by atoms with Gasteiger partial charge in [-0.05, 0) is 24.5 Å². The number of aliphatic hydroxyl groups excluding tert-OH is 1. The highest BCUT2D eigenvalue weighted by Crippen LogP contribution is 2.14. The van der Waals surface area contributed by atoms with E-state index >= 15 is 0 Å². The Balaban J connectivity index is 2.73. The Kier molecular flexibility index (Phi) is 4.86. The van der Waals surface area contributed by atoms with Gasteiger partial charge < -0.3 is 10.8 Å². The Morgan fingerprint density at radius 3 is 2.88 bits per heavy atom. The molecule has 4 N–H and O–H groups in total. The molecule has 0 aromatic carbocycles. The zero-order valence-corrected chi connectivity index (χ0v) is 10.4. The largest absolute Gasteiger partial charge is 0.396 e. The Labute approximate surface area is 101 Å². The first-order valence-corrected chi connectivity index (χ1v) is 6.76. The Morgan fingerprint density at radius 1 is 1.59 bits per heavy atom. The third kappa shape index (κ3) is 3.95. The maximum Gasteiger partial charge on any atom is 0.244 e. The average molecular weight is 259 g/mol. The standard InChI is InChI=1S/C10H17N3O3S/c1-8(4-6-14)7-13-17(15,16)9-3-2-5-12-10(9)11/h2-3,5,8,13-14H,4,6-7H2,1H3,(H2,11,12). The number of nitrogens with zero attached hydrogens (tertiary/aromatic N) is 1. The summed E-state index contributed by atoms with van der Waals surface area (Å²) < 4.78 is 26.2. The Bertz CT molecular complexity index is 462. The van der Waals surface area contributed by atoms with Gasteiger partial charge in [0, 0.05) is 19.3 Å². The van der Waals surface area contributed by atoms with Gasteiger partial charge in [-0.25, -0.2) is 18.1 Å². The third-order valence-electron chi connectivity index (χ3n) is 2.33. The number of hydrogen-bond donors (Lipinski definition) is 3. The molecule has 1 aromatic rings. The van der Waals surface area contributed by atoms with Gasteiger partial charge in [-0.1, -0.05) is 6.92 Å². The minimum Gasteiger partial charge on any atom is -0.396 e. The monoisotopic (exact) mass is 259 g/mol. The van der Waals surface area contributed by atoms with Crippen LogP contribution < -0.4 is 10.5 Å². The quantitative estimate of drug-likeness (QED) is 0.665. The maximum absolute atomic E-state index is 11.9. The maximum atomic E-state index is 11.9. The summed E-state index contributed by atoms with van der Waals surface area (Å²) in [6.45, 7) is 2.15. The molecule has 0 radical (unpaired) electrons. The molecule has 0 amide bonds. The number of rotatable bonds is 6. The van der Waals surface area contributed by atoms with Gasteiger partial charge in [0.05, 0.1) is 0 Å². The lowest BCUT2D eigenvalue weighted by Gasteiger charge is -2.12. The number of aromatic nitrogens is 1. The lowest BCUT2D eigenvalue weighted by atomic mass is 10.1. The van der Waals surface area contributed by atoms with E-state index in [1.165, 1.54) is 18.3 Å². The van der Waals surface area contributed by atoms with Crippen molar-refractivity contribution in [2.24, 2.45) is 5.92 Å². The van der Waals surface area contributed by atoms with Gasteiger partial charge in [0.15, 0.2) is 0 Å². The van der Waals surface area contributed by atoms with Crippen LogP contribution >= 0.6 is 0 Å². The fourth-order valence-corrected chi connectivity index (χ4v) is 2.53. The fourth-order valence-electron chi connectivity index (χ4n) is 1.28. The molecule has 0 aliphatic carbocycles. The summed E-state index contributed by atoms with van der Waals surface area (Å²) in [5, 5.41) is 8.72. The van der Waals surface area contributed by atoms with Crippen molar-refractivity contribution in [3.63, 3.8) is 0 Å². The number of nitrogens with one attached hydrogen (secondary N) is 1. The van der Waals surface area contributed by atoms with Crippen molar-refractivity contribution < 1.29 is 13.5 Å². The first-order valence-electron chi connectivity index (χ1n) is 5.28. The molecular weight excluding hydrogens is 242 g/mol. The van der Waals surface area contributed by atoms with E-state index in [4.69, 9.17) is 10.8 Å². The highest BCUT2D eigenvalue weighted by Gasteiger charge is 2.18. The van der Waals surface area contributed by atoms with Crippen molar-refractivity contribution in [3.05, 3.63) is 18.3 Å². The normalized spacial score (nSPS) is 13.5. The third-order valence-corrected chi connectivity index (χ3v) is 3.80. The van der Waals surface area contributed by atoms with Gasteiger partial charge in [-0.15, -0.1) is 0 Å². The molecule has 0 saturated heterocycles. The predicted octanol–water partition coefficient (Wildman–Crippen LogP) is -0.0394. The van der Waals surface area contributed by atoms with E-state index in [0.717, 1.165) is 0 Å². The molecule has 0 saturated carbocycles. The second-order valence-electron chi connectivity index (χ2n) is 3.86. The van der Waals surface area contributed by atoms with Gasteiger partial charge in [-0.3, -0.25) is 0 Å². The van der Waals surface area contributed by atoms with Crippen LogP contribution in [0.1, 0.15) is 13.3 Å². The topological polar surface area (TPSA) is 105 Å². The lowest BCUT2D eigenvalue weighted by molar-refractivity contribution is 0.263. The summed E-state index contributed by atoms with van der Waals surface area (Å²) in [5.41, 5.74) is 5.50. The summed E-state index contributed by atoms with van der Waals surface area (Å²) in [6.07, 6.45) is 1.98. The van der Waals surface area contributed by atoms with E-state index in [2.05, 4.69) is 9.71 Å². The van der Waals surface area contributed by atoms with Crippen molar-refractivity contribution in [2.45, 2.75) is 18.2 Å². The molecule has 1 aromatic heterocycles. The molecular formula is C10H17N3O3S. The molecule has 0 fully saturated rings. The second-order valence-corrected chi connectivity index (χ2v) is 5.59. The van der Waals surface area contributed by atoms with Gasteiger partial charge in [0.1, 0.15) is 10.7 Å². The predicted molar refractivity (Wildman–Crippen MR) is 64.7 cm³/mol. The SMILES string of the molecule is CC(CCO)CNS(=O)(=O)c1cccnc1N.